The molecule has 0 N–H and O–H groups in total. The van der Waals surface area contributed by atoms with Crippen molar-refractivity contribution in [2.75, 3.05) is 16.5 Å². The minimum absolute atomic E-state index is 0.0424. The Balaban J connectivity index is 1.02. The standard InChI is InChI=1S/C64H58N4O/c1-62(2,3)49-35-45(44-21-11-8-12-22-44)36-51(37-49)66-43-67(59-30-20-19-29-58(59)66)52-38-50(64(6,7)47-25-15-10-16-26-47)39-54(41-52)69-53-31-32-56-55-27-17-18-28-57(55)68(60(56)42-53)61-40-48(33-34-65-61)63(4,5)46-23-13-9-14-24-46/h8-42H,43H2,1-7H3. The second-order valence-electron chi connectivity index (χ2n) is 20.6. The number of aromatic nitrogens is 2. The molecule has 2 aromatic heterocycles. The molecule has 0 atom stereocenters. The molecule has 3 heterocycles. The van der Waals surface area contributed by atoms with Gasteiger partial charge in [0.05, 0.1) is 22.4 Å². The number of pyridine rings is 1. The average Bonchev–Trinajstić information content (AvgIpc) is 3.93. The minimum atomic E-state index is -0.333. The molecule has 1 aliphatic rings. The molecule has 0 unspecified atom stereocenters. The van der Waals surface area contributed by atoms with Crippen LogP contribution in [0.1, 0.15) is 76.3 Å². The molecule has 10 aromatic rings. The molecule has 11 rings (SSSR count). The number of ether oxygens (including phenoxy) is 1. The third kappa shape index (κ3) is 8.02. The Bertz CT molecular complexity index is 3490. The number of anilines is 4. The summed E-state index contributed by atoms with van der Waals surface area (Å²) in [5.74, 6) is 2.40. The summed E-state index contributed by atoms with van der Waals surface area (Å²) in [6.07, 6.45) is 1.94. The molecule has 0 bridgehead atoms. The number of para-hydroxylation sites is 3. The number of nitrogens with zero attached hydrogens (tertiary/aromatic N) is 4. The minimum Gasteiger partial charge on any atom is -0.457 e. The summed E-state index contributed by atoms with van der Waals surface area (Å²) in [6, 6.07) is 74.4. The Hall–Kier alpha value is -7.89. The number of hydrogen-bond acceptors (Lipinski definition) is 4. The third-order valence-electron chi connectivity index (χ3n) is 14.4. The van der Waals surface area contributed by atoms with Crippen molar-refractivity contribution >= 4 is 44.6 Å². The Morgan fingerprint density at radius 2 is 0.971 bits per heavy atom. The summed E-state index contributed by atoms with van der Waals surface area (Å²) >= 11 is 0. The monoisotopic (exact) mass is 898 g/mol. The Kier molecular flexibility index (Phi) is 10.8. The highest BCUT2D eigenvalue weighted by Gasteiger charge is 2.32. The zero-order chi connectivity index (χ0) is 47.5. The van der Waals surface area contributed by atoms with Crippen LogP contribution in [0.4, 0.5) is 22.7 Å². The van der Waals surface area contributed by atoms with Gasteiger partial charge in [-0.3, -0.25) is 4.57 Å². The number of benzene rings is 8. The van der Waals surface area contributed by atoms with Crippen molar-refractivity contribution in [3.8, 4) is 28.4 Å². The molecule has 0 saturated heterocycles. The molecular weight excluding hydrogens is 841 g/mol. The van der Waals surface area contributed by atoms with Crippen molar-refractivity contribution in [2.24, 2.45) is 0 Å². The van der Waals surface area contributed by atoms with Gasteiger partial charge in [-0.05, 0) is 111 Å². The topological polar surface area (TPSA) is 33.5 Å². The molecule has 0 aliphatic carbocycles. The number of rotatable bonds is 10. The maximum Gasteiger partial charge on any atom is 0.137 e. The summed E-state index contributed by atoms with van der Waals surface area (Å²) in [5, 5.41) is 2.32. The molecule has 5 heteroatoms. The van der Waals surface area contributed by atoms with Gasteiger partial charge in [-0.15, -0.1) is 0 Å². The van der Waals surface area contributed by atoms with Crippen LogP contribution in [0.5, 0.6) is 11.5 Å². The van der Waals surface area contributed by atoms with Crippen molar-refractivity contribution in [1.82, 2.24) is 9.55 Å². The van der Waals surface area contributed by atoms with Crippen molar-refractivity contribution < 1.29 is 4.74 Å². The largest absolute Gasteiger partial charge is 0.457 e. The summed E-state index contributed by atoms with van der Waals surface area (Å²) < 4.78 is 9.41. The van der Waals surface area contributed by atoms with Crippen LogP contribution in [-0.4, -0.2) is 16.2 Å². The van der Waals surface area contributed by atoms with E-state index in [2.05, 4.69) is 269 Å². The summed E-state index contributed by atoms with van der Waals surface area (Å²) in [5.41, 5.74) is 14.7. The SMILES string of the molecule is CC(C)(C)c1cc(-c2ccccc2)cc(N2CN(c3cc(Oc4ccc5c6ccccc6n(-c6cc(C(C)(C)c7ccccc7)ccn6)c5c4)cc(C(C)(C)c4ccccc4)c3)c3ccccc32)c1. The van der Waals surface area contributed by atoms with E-state index < -0.39 is 0 Å². The van der Waals surface area contributed by atoms with E-state index in [-0.39, 0.29) is 16.2 Å². The molecule has 0 saturated carbocycles. The van der Waals surface area contributed by atoms with Gasteiger partial charge >= 0.3 is 0 Å². The van der Waals surface area contributed by atoms with Crippen LogP contribution in [0.2, 0.25) is 0 Å². The van der Waals surface area contributed by atoms with Crippen LogP contribution in [0.3, 0.4) is 0 Å². The highest BCUT2D eigenvalue weighted by atomic mass is 16.5. The fourth-order valence-corrected chi connectivity index (χ4v) is 10.2. The molecule has 8 aromatic carbocycles. The Labute approximate surface area is 406 Å². The van der Waals surface area contributed by atoms with Gasteiger partial charge in [0.15, 0.2) is 0 Å². The molecule has 1 aliphatic heterocycles. The Morgan fingerprint density at radius 1 is 0.406 bits per heavy atom. The third-order valence-corrected chi connectivity index (χ3v) is 14.4. The van der Waals surface area contributed by atoms with Crippen LogP contribution < -0.4 is 14.5 Å². The van der Waals surface area contributed by atoms with Gasteiger partial charge < -0.3 is 14.5 Å². The lowest BCUT2D eigenvalue weighted by Crippen LogP contribution is -2.25. The quantitative estimate of drug-likeness (QED) is 0.137. The molecule has 0 fully saturated rings. The number of fused-ring (bicyclic) bond motifs is 4. The second-order valence-corrected chi connectivity index (χ2v) is 20.6. The van der Waals surface area contributed by atoms with Crippen LogP contribution in [0.15, 0.2) is 212 Å². The molecule has 0 radical (unpaired) electrons. The lowest BCUT2D eigenvalue weighted by molar-refractivity contribution is 0.480. The zero-order valence-electron chi connectivity index (χ0n) is 40.6. The maximum absolute atomic E-state index is 7.12. The zero-order valence-corrected chi connectivity index (χ0v) is 40.6. The maximum atomic E-state index is 7.12. The normalized spacial score (nSPS) is 13.0. The first kappa shape index (κ1) is 43.7. The van der Waals surface area contributed by atoms with Crippen LogP contribution in [0, 0.1) is 0 Å². The summed E-state index contributed by atoms with van der Waals surface area (Å²) in [7, 11) is 0. The van der Waals surface area contributed by atoms with Gasteiger partial charge in [-0.1, -0.05) is 176 Å². The van der Waals surface area contributed by atoms with Crippen molar-refractivity contribution in [2.45, 2.75) is 64.7 Å². The summed E-state index contributed by atoms with van der Waals surface area (Å²) in [4.78, 5) is 9.92. The fourth-order valence-electron chi connectivity index (χ4n) is 10.2. The van der Waals surface area contributed by atoms with E-state index >= 15 is 0 Å². The van der Waals surface area contributed by atoms with Gasteiger partial charge in [0.2, 0.25) is 0 Å². The molecule has 0 amide bonds. The van der Waals surface area contributed by atoms with E-state index in [1.165, 1.54) is 50.1 Å². The highest BCUT2D eigenvalue weighted by molar-refractivity contribution is 6.09. The lowest BCUT2D eigenvalue weighted by Gasteiger charge is -2.29. The second kappa shape index (κ2) is 17.0. The van der Waals surface area contributed by atoms with Gasteiger partial charge in [0.1, 0.15) is 24.0 Å². The first-order valence-corrected chi connectivity index (χ1v) is 24.1. The lowest BCUT2D eigenvalue weighted by atomic mass is 9.78. The number of hydrogen-bond donors (Lipinski definition) is 0. The van der Waals surface area contributed by atoms with E-state index in [9.17, 15) is 0 Å². The van der Waals surface area contributed by atoms with Crippen molar-refractivity contribution in [3.05, 3.63) is 240 Å². The Morgan fingerprint density at radius 3 is 1.64 bits per heavy atom. The molecule has 5 nitrogen and oxygen atoms in total. The van der Waals surface area contributed by atoms with E-state index in [0.29, 0.717) is 6.67 Å². The van der Waals surface area contributed by atoms with Gasteiger partial charge in [0.25, 0.3) is 0 Å². The van der Waals surface area contributed by atoms with E-state index in [1.54, 1.807) is 0 Å². The predicted molar refractivity (Wildman–Crippen MR) is 288 cm³/mol. The van der Waals surface area contributed by atoms with Crippen molar-refractivity contribution in [3.63, 3.8) is 0 Å². The van der Waals surface area contributed by atoms with Crippen LogP contribution in [0.25, 0.3) is 38.8 Å². The van der Waals surface area contributed by atoms with Gasteiger partial charge in [-0.2, -0.15) is 0 Å². The first-order chi connectivity index (χ1) is 33.3. The van der Waals surface area contributed by atoms with Gasteiger partial charge in [-0.25, -0.2) is 4.98 Å². The molecule has 340 valence electrons. The van der Waals surface area contributed by atoms with E-state index in [4.69, 9.17) is 9.72 Å². The molecular formula is C64H58N4O. The first-order valence-electron chi connectivity index (χ1n) is 24.1. The van der Waals surface area contributed by atoms with Gasteiger partial charge in [0, 0.05) is 51.3 Å². The average molecular weight is 899 g/mol. The predicted octanol–water partition coefficient (Wildman–Crippen LogP) is 16.8. The highest BCUT2D eigenvalue weighted by Crippen LogP contribution is 2.48. The van der Waals surface area contributed by atoms with Crippen molar-refractivity contribution in [1.29, 1.82) is 0 Å². The summed E-state index contributed by atoms with van der Waals surface area (Å²) in [6.45, 7) is 16.7. The fraction of sp³-hybridized carbons (Fsp3) is 0.172. The van der Waals surface area contributed by atoms with E-state index in [1.807, 2.05) is 6.20 Å². The van der Waals surface area contributed by atoms with Crippen LogP contribution in [-0.2, 0) is 16.2 Å². The molecule has 0 spiro atoms. The van der Waals surface area contributed by atoms with Crippen LogP contribution >= 0.6 is 0 Å². The smallest absolute Gasteiger partial charge is 0.137 e. The molecule has 69 heavy (non-hydrogen) atoms. The van der Waals surface area contributed by atoms with E-state index in [0.717, 1.165) is 50.7 Å².